The number of carbonyl (C=O) groups excluding carboxylic acids is 1. The number of hydrogen-bond donors (Lipinski definition) is 0. The fourth-order valence-electron chi connectivity index (χ4n) is 4.10. The maximum atomic E-state index is 12.1. The molecule has 0 atom stereocenters. The van der Waals surface area contributed by atoms with Crippen molar-refractivity contribution in [2.45, 2.75) is 52.1 Å². The van der Waals surface area contributed by atoms with Gasteiger partial charge in [0.05, 0.1) is 12.8 Å². The van der Waals surface area contributed by atoms with Crippen LogP contribution in [0.5, 0.6) is 0 Å². The van der Waals surface area contributed by atoms with Crippen LogP contribution in [0.25, 0.3) is 0 Å². The van der Waals surface area contributed by atoms with Crippen LogP contribution in [0.4, 0.5) is 0 Å². The number of hydrogen-bond acceptors (Lipinski definition) is 4. The van der Waals surface area contributed by atoms with Crippen LogP contribution in [0.2, 0.25) is 0 Å². The standard InChI is InChI=1S/C19H32N4O2/c1-16(2)23-14-17(12-20-23)13-21-8-6-19(7-9-21)5-4-18(24)22(15-19)10-11-25-3/h12,14,16H,4-11,13,15H2,1-3H3. The molecule has 0 saturated carbocycles. The molecule has 1 aromatic rings. The molecule has 0 unspecified atom stereocenters. The Bertz CT molecular complexity index is 576. The summed E-state index contributed by atoms with van der Waals surface area (Å²) in [4.78, 5) is 16.7. The number of ether oxygens (including phenoxy) is 1. The molecular formula is C19H32N4O2. The average Bonchev–Trinajstić information content (AvgIpc) is 3.07. The van der Waals surface area contributed by atoms with E-state index < -0.39 is 0 Å². The van der Waals surface area contributed by atoms with E-state index in [-0.39, 0.29) is 0 Å². The van der Waals surface area contributed by atoms with Gasteiger partial charge in [0.2, 0.25) is 5.91 Å². The van der Waals surface area contributed by atoms with Gasteiger partial charge in [-0.05, 0) is 51.6 Å². The first kappa shape index (κ1) is 18.4. The highest BCUT2D eigenvalue weighted by molar-refractivity contribution is 5.77. The molecular weight excluding hydrogens is 316 g/mol. The molecule has 3 heterocycles. The molecule has 6 nitrogen and oxygen atoms in total. The maximum absolute atomic E-state index is 12.1. The van der Waals surface area contributed by atoms with Crippen LogP contribution in [0.3, 0.4) is 0 Å². The van der Waals surface area contributed by atoms with Gasteiger partial charge in [0, 0.05) is 51.0 Å². The predicted octanol–water partition coefficient (Wildman–Crippen LogP) is 2.31. The summed E-state index contributed by atoms with van der Waals surface area (Å²) in [6, 6.07) is 0.413. The fraction of sp³-hybridized carbons (Fsp3) is 0.789. The molecule has 1 spiro atoms. The lowest BCUT2D eigenvalue weighted by Gasteiger charge is -2.47. The lowest BCUT2D eigenvalue weighted by molar-refractivity contribution is -0.139. The zero-order chi connectivity index (χ0) is 17.9. The van der Waals surface area contributed by atoms with E-state index in [1.165, 1.54) is 18.4 Å². The lowest BCUT2D eigenvalue weighted by atomic mass is 9.72. The maximum Gasteiger partial charge on any atom is 0.222 e. The third-order valence-corrected chi connectivity index (χ3v) is 5.82. The van der Waals surface area contributed by atoms with Crippen LogP contribution in [0, 0.1) is 5.41 Å². The van der Waals surface area contributed by atoms with E-state index in [1.807, 2.05) is 15.8 Å². The zero-order valence-corrected chi connectivity index (χ0v) is 15.9. The second kappa shape index (κ2) is 7.87. The fourth-order valence-corrected chi connectivity index (χ4v) is 4.10. The zero-order valence-electron chi connectivity index (χ0n) is 15.9. The van der Waals surface area contributed by atoms with E-state index >= 15 is 0 Å². The normalized spacial score (nSPS) is 21.4. The van der Waals surface area contributed by atoms with Gasteiger partial charge in [-0.2, -0.15) is 5.10 Å². The molecule has 2 saturated heterocycles. The van der Waals surface area contributed by atoms with Gasteiger partial charge in [-0.1, -0.05) is 0 Å². The molecule has 0 aromatic carbocycles. The molecule has 140 valence electrons. The predicted molar refractivity (Wildman–Crippen MR) is 97.2 cm³/mol. The lowest BCUT2D eigenvalue weighted by Crippen LogP contribution is -2.52. The largest absolute Gasteiger partial charge is 0.383 e. The molecule has 1 amide bonds. The van der Waals surface area contributed by atoms with E-state index in [0.29, 0.717) is 30.4 Å². The summed E-state index contributed by atoms with van der Waals surface area (Å²) in [5.41, 5.74) is 1.62. The molecule has 6 heteroatoms. The highest BCUT2D eigenvalue weighted by Gasteiger charge is 2.40. The van der Waals surface area contributed by atoms with Gasteiger partial charge in [0.25, 0.3) is 0 Å². The summed E-state index contributed by atoms with van der Waals surface area (Å²) < 4.78 is 7.19. The summed E-state index contributed by atoms with van der Waals surface area (Å²) in [5.74, 6) is 0.297. The Balaban J connectivity index is 1.52. The number of amides is 1. The summed E-state index contributed by atoms with van der Waals surface area (Å²) >= 11 is 0. The van der Waals surface area contributed by atoms with Gasteiger partial charge in [0.15, 0.2) is 0 Å². The molecule has 1 aromatic heterocycles. The second-order valence-electron chi connectivity index (χ2n) is 8.01. The Morgan fingerprint density at radius 1 is 1.28 bits per heavy atom. The SMILES string of the molecule is COCCN1CC2(CCC1=O)CCN(Cc1cnn(C(C)C)c1)CC2. The Labute approximate surface area is 151 Å². The van der Waals surface area contributed by atoms with Gasteiger partial charge in [-0.15, -0.1) is 0 Å². The van der Waals surface area contributed by atoms with E-state index in [1.54, 1.807) is 7.11 Å². The van der Waals surface area contributed by atoms with Crippen molar-refractivity contribution in [3.8, 4) is 0 Å². The van der Waals surface area contributed by atoms with E-state index in [2.05, 4.69) is 30.0 Å². The number of aromatic nitrogens is 2. The van der Waals surface area contributed by atoms with Gasteiger partial charge < -0.3 is 9.64 Å². The van der Waals surface area contributed by atoms with E-state index in [4.69, 9.17) is 4.74 Å². The van der Waals surface area contributed by atoms with Gasteiger partial charge in [-0.3, -0.25) is 14.4 Å². The first-order valence-electron chi connectivity index (χ1n) is 9.53. The van der Waals surface area contributed by atoms with Gasteiger partial charge in [-0.25, -0.2) is 0 Å². The minimum absolute atomic E-state index is 0.297. The number of likely N-dealkylation sites (tertiary alicyclic amines) is 2. The molecule has 0 bridgehead atoms. The first-order valence-corrected chi connectivity index (χ1v) is 9.53. The van der Waals surface area contributed by atoms with Crippen LogP contribution in [-0.2, 0) is 16.1 Å². The molecule has 25 heavy (non-hydrogen) atoms. The number of rotatable bonds is 6. The molecule has 2 fully saturated rings. The van der Waals surface area contributed by atoms with Crippen molar-refractivity contribution in [1.82, 2.24) is 19.6 Å². The quantitative estimate of drug-likeness (QED) is 0.792. The Kier molecular flexibility index (Phi) is 5.79. The van der Waals surface area contributed by atoms with Gasteiger partial charge in [0.1, 0.15) is 0 Å². The Hall–Kier alpha value is -1.40. The highest BCUT2D eigenvalue weighted by Crippen LogP contribution is 2.40. The average molecular weight is 348 g/mol. The Morgan fingerprint density at radius 3 is 2.68 bits per heavy atom. The number of carbonyl (C=O) groups is 1. The summed E-state index contributed by atoms with van der Waals surface area (Å²) in [6.07, 6.45) is 8.28. The summed E-state index contributed by atoms with van der Waals surface area (Å²) in [5, 5.41) is 4.45. The van der Waals surface area contributed by atoms with Crippen LogP contribution in [0.1, 0.15) is 51.1 Å². The van der Waals surface area contributed by atoms with Crippen LogP contribution in [0.15, 0.2) is 12.4 Å². The van der Waals surface area contributed by atoms with Crippen molar-refractivity contribution in [2.24, 2.45) is 5.41 Å². The first-order chi connectivity index (χ1) is 12.0. The minimum atomic E-state index is 0.297. The molecule has 0 N–H and O–H groups in total. The van der Waals surface area contributed by atoms with Gasteiger partial charge >= 0.3 is 0 Å². The van der Waals surface area contributed by atoms with Crippen molar-refractivity contribution >= 4 is 5.91 Å². The van der Waals surface area contributed by atoms with E-state index in [0.717, 1.165) is 39.1 Å². The van der Waals surface area contributed by atoms with Crippen molar-refractivity contribution in [2.75, 3.05) is 39.9 Å². The molecule has 0 radical (unpaired) electrons. The number of piperidine rings is 2. The molecule has 0 aliphatic carbocycles. The van der Waals surface area contributed by atoms with Crippen LogP contribution in [-0.4, -0.2) is 65.4 Å². The minimum Gasteiger partial charge on any atom is -0.383 e. The van der Waals surface area contributed by atoms with E-state index in [9.17, 15) is 4.79 Å². The third kappa shape index (κ3) is 4.42. The second-order valence-corrected chi connectivity index (χ2v) is 8.01. The molecule has 3 rings (SSSR count). The monoisotopic (exact) mass is 348 g/mol. The van der Waals surface area contributed by atoms with Crippen LogP contribution >= 0.6 is 0 Å². The molecule has 2 aliphatic heterocycles. The Morgan fingerprint density at radius 2 is 2.04 bits per heavy atom. The van der Waals surface area contributed by atoms with Crippen molar-refractivity contribution in [3.63, 3.8) is 0 Å². The molecule has 2 aliphatic rings. The summed E-state index contributed by atoms with van der Waals surface area (Å²) in [6.45, 7) is 9.78. The smallest absolute Gasteiger partial charge is 0.222 e. The number of methoxy groups -OCH3 is 1. The summed E-state index contributed by atoms with van der Waals surface area (Å²) in [7, 11) is 1.70. The van der Waals surface area contributed by atoms with Crippen LogP contribution < -0.4 is 0 Å². The highest BCUT2D eigenvalue weighted by atomic mass is 16.5. The van der Waals surface area contributed by atoms with Crippen molar-refractivity contribution in [1.29, 1.82) is 0 Å². The number of nitrogens with zero attached hydrogens (tertiary/aromatic N) is 4. The van der Waals surface area contributed by atoms with Crippen molar-refractivity contribution < 1.29 is 9.53 Å². The topological polar surface area (TPSA) is 50.6 Å². The van der Waals surface area contributed by atoms with Crippen molar-refractivity contribution in [3.05, 3.63) is 18.0 Å². The third-order valence-electron chi connectivity index (χ3n) is 5.82.